The number of rotatable bonds is 7. The van der Waals surface area contributed by atoms with Crippen molar-refractivity contribution in [3.8, 4) is 5.88 Å². The third-order valence-electron chi connectivity index (χ3n) is 7.59. The highest BCUT2D eigenvalue weighted by atomic mass is 19.1. The zero-order valence-corrected chi connectivity index (χ0v) is 21.7. The number of imidazole rings is 1. The standard InChI is InChI=1S/C28H34FN5O4/c1-37-27(36)20-7-11-22(12-8-20)34-24-17-25(38-16-15-33-13-3-2-4-14-33)30-18-23(24)31-28(34)32-26(35)19-5-9-21(29)10-6-19/h5-6,9-10,17-18,20,22H,2-4,7-8,11-16H2,1H3,(H,31,32,35). The first-order chi connectivity index (χ1) is 18.5. The number of nitrogens with zero attached hydrogens (tertiary/aromatic N) is 4. The van der Waals surface area contributed by atoms with Gasteiger partial charge < -0.3 is 19.0 Å². The lowest BCUT2D eigenvalue weighted by Gasteiger charge is -2.28. The quantitative estimate of drug-likeness (QED) is 0.470. The molecule has 2 aromatic heterocycles. The number of likely N-dealkylation sites (tertiary alicyclic amines) is 1. The number of ether oxygens (including phenoxy) is 2. The molecule has 9 nitrogen and oxygen atoms in total. The van der Waals surface area contributed by atoms with Crippen molar-refractivity contribution in [3.63, 3.8) is 0 Å². The lowest BCUT2D eigenvalue weighted by Crippen LogP contribution is -2.33. The Hall–Kier alpha value is -3.53. The average molecular weight is 524 g/mol. The maximum Gasteiger partial charge on any atom is 0.308 e. The van der Waals surface area contributed by atoms with Crippen molar-refractivity contribution in [2.45, 2.75) is 51.0 Å². The summed E-state index contributed by atoms with van der Waals surface area (Å²) in [6.07, 6.45) is 8.30. The number of carbonyl (C=O) groups excluding carboxylic acids is 2. The number of hydrogen-bond donors (Lipinski definition) is 1. The van der Waals surface area contributed by atoms with Crippen LogP contribution in [-0.2, 0) is 9.53 Å². The van der Waals surface area contributed by atoms with Crippen LogP contribution < -0.4 is 10.4 Å². The molecule has 0 spiro atoms. The molecule has 0 atom stereocenters. The Labute approximate surface area is 220 Å². The fraction of sp³-hybridized carbons (Fsp3) is 0.500. The number of benzene rings is 1. The highest BCUT2D eigenvalue weighted by molar-refractivity contribution is 5.94. The third-order valence-corrected chi connectivity index (χ3v) is 7.59. The number of halogens is 1. The number of fused-ring (bicyclic) bond motifs is 1. The number of aromatic amines is 1. The minimum atomic E-state index is -0.473. The molecule has 3 heterocycles. The van der Waals surface area contributed by atoms with Crippen LogP contribution in [-0.4, -0.2) is 64.7 Å². The molecule has 10 heteroatoms. The fourth-order valence-corrected chi connectivity index (χ4v) is 5.50. The first-order valence-electron chi connectivity index (χ1n) is 13.4. The van der Waals surface area contributed by atoms with Crippen molar-refractivity contribution in [2.24, 2.45) is 10.9 Å². The molecule has 1 aromatic carbocycles. The van der Waals surface area contributed by atoms with E-state index in [1.54, 1.807) is 6.20 Å². The van der Waals surface area contributed by atoms with Gasteiger partial charge in [-0.05, 0) is 75.9 Å². The number of H-pyrrole nitrogens is 1. The van der Waals surface area contributed by atoms with Crippen LogP contribution in [0.1, 0.15) is 61.3 Å². The molecule has 5 rings (SSSR count). The van der Waals surface area contributed by atoms with Gasteiger partial charge >= 0.3 is 5.97 Å². The number of amides is 1. The molecule has 0 radical (unpaired) electrons. The molecule has 1 N–H and O–H groups in total. The van der Waals surface area contributed by atoms with Gasteiger partial charge in [-0.25, -0.2) is 9.37 Å². The summed E-state index contributed by atoms with van der Waals surface area (Å²) in [5.41, 5.74) is 2.25. The number of nitrogens with one attached hydrogen (secondary N) is 1. The predicted molar refractivity (Wildman–Crippen MR) is 139 cm³/mol. The van der Waals surface area contributed by atoms with Gasteiger partial charge in [-0.15, -0.1) is 0 Å². The molecule has 1 aliphatic heterocycles. The van der Waals surface area contributed by atoms with E-state index in [0.717, 1.165) is 43.5 Å². The summed E-state index contributed by atoms with van der Waals surface area (Å²) in [5, 5.41) is 0. The lowest BCUT2D eigenvalue weighted by molar-refractivity contribution is -0.146. The lowest BCUT2D eigenvalue weighted by atomic mass is 9.86. The molecule has 3 aromatic rings. The second kappa shape index (κ2) is 11.9. The number of pyridine rings is 1. The highest BCUT2D eigenvalue weighted by Crippen LogP contribution is 2.34. The van der Waals surface area contributed by atoms with E-state index in [4.69, 9.17) is 9.47 Å². The van der Waals surface area contributed by atoms with E-state index in [-0.39, 0.29) is 17.9 Å². The van der Waals surface area contributed by atoms with E-state index < -0.39 is 11.7 Å². The zero-order valence-electron chi connectivity index (χ0n) is 21.7. The van der Waals surface area contributed by atoms with Gasteiger partial charge in [0.25, 0.3) is 5.91 Å². The molecular weight excluding hydrogens is 489 g/mol. The predicted octanol–water partition coefficient (Wildman–Crippen LogP) is 4.01. The molecule has 2 aliphatic rings. The van der Waals surface area contributed by atoms with Crippen LogP contribution in [0.25, 0.3) is 11.0 Å². The SMILES string of the molecule is COC(=O)C1CCC(n2/c(=N/C(=O)c3ccc(F)cc3)[nH]c3cnc(OCCN4CCCCC4)cc32)CC1. The zero-order chi connectivity index (χ0) is 26.5. The molecule has 1 saturated carbocycles. The Morgan fingerprint density at radius 2 is 1.84 bits per heavy atom. The van der Waals surface area contributed by atoms with Gasteiger partial charge in [0.1, 0.15) is 12.4 Å². The number of carbonyl (C=O) groups is 2. The molecule has 202 valence electrons. The van der Waals surface area contributed by atoms with Gasteiger partial charge in [-0.3, -0.25) is 14.5 Å². The number of piperidine rings is 1. The molecule has 1 saturated heterocycles. The Morgan fingerprint density at radius 3 is 2.55 bits per heavy atom. The van der Waals surface area contributed by atoms with E-state index in [0.29, 0.717) is 36.5 Å². The number of hydrogen-bond acceptors (Lipinski definition) is 6. The van der Waals surface area contributed by atoms with Crippen molar-refractivity contribution in [2.75, 3.05) is 33.4 Å². The largest absolute Gasteiger partial charge is 0.476 e. The van der Waals surface area contributed by atoms with Crippen molar-refractivity contribution in [1.29, 1.82) is 0 Å². The van der Waals surface area contributed by atoms with Gasteiger partial charge in [-0.2, -0.15) is 4.99 Å². The maximum atomic E-state index is 13.4. The van der Waals surface area contributed by atoms with Crippen LogP contribution in [0.15, 0.2) is 41.5 Å². The second-order valence-electron chi connectivity index (χ2n) is 10.1. The summed E-state index contributed by atoms with van der Waals surface area (Å²) >= 11 is 0. The van der Waals surface area contributed by atoms with Gasteiger partial charge in [0.05, 0.1) is 30.3 Å². The molecule has 1 amide bonds. The first kappa shape index (κ1) is 26.1. The van der Waals surface area contributed by atoms with Gasteiger partial charge in [0.15, 0.2) is 0 Å². The Bertz CT molecular complexity index is 1340. The van der Waals surface area contributed by atoms with Gasteiger partial charge in [0.2, 0.25) is 11.5 Å². The summed E-state index contributed by atoms with van der Waals surface area (Å²) in [6, 6.07) is 7.24. The van der Waals surface area contributed by atoms with E-state index in [1.807, 2.05) is 10.6 Å². The molecular formula is C28H34FN5O4. The van der Waals surface area contributed by atoms with Crippen LogP contribution in [0, 0.1) is 11.7 Å². The smallest absolute Gasteiger partial charge is 0.308 e. The molecule has 2 fully saturated rings. The molecule has 1 aliphatic carbocycles. The molecule has 0 unspecified atom stereocenters. The topological polar surface area (TPSA) is 102 Å². The summed E-state index contributed by atoms with van der Waals surface area (Å²) in [6.45, 7) is 3.62. The Kier molecular flexibility index (Phi) is 8.17. The van der Waals surface area contributed by atoms with Crippen LogP contribution in [0.5, 0.6) is 5.88 Å². The Morgan fingerprint density at radius 1 is 1.11 bits per heavy atom. The minimum Gasteiger partial charge on any atom is -0.476 e. The van der Waals surface area contributed by atoms with Crippen LogP contribution in [0.3, 0.4) is 0 Å². The summed E-state index contributed by atoms with van der Waals surface area (Å²) < 4.78 is 26.3. The minimum absolute atomic E-state index is 0.0213. The van der Waals surface area contributed by atoms with Crippen LogP contribution in [0.4, 0.5) is 4.39 Å². The number of methoxy groups -OCH3 is 1. The summed E-state index contributed by atoms with van der Waals surface area (Å²) in [5.74, 6) is -0.680. The first-order valence-corrected chi connectivity index (χ1v) is 13.4. The normalized spacial score (nSPS) is 20.9. The Balaban J connectivity index is 1.43. The van der Waals surface area contributed by atoms with E-state index in [2.05, 4.69) is 19.9 Å². The van der Waals surface area contributed by atoms with Crippen molar-refractivity contribution < 1.29 is 23.5 Å². The number of esters is 1. The van der Waals surface area contributed by atoms with E-state index >= 15 is 0 Å². The summed E-state index contributed by atoms with van der Waals surface area (Å²) in [4.78, 5) is 39.5. The van der Waals surface area contributed by atoms with Crippen LogP contribution >= 0.6 is 0 Å². The summed E-state index contributed by atoms with van der Waals surface area (Å²) in [7, 11) is 1.42. The van der Waals surface area contributed by atoms with Gasteiger partial charge in [-0.1, -0.05) is 6.42 Å². The van der Waals surface area contributed by atoms with Gasteiger partial charge in [0, 0.05) is 24.2 Å². The fourth-order valence-electron chi connectivity index (χ4n) is 5.50. The van der Waals surface area contributed by atoms with Crippen molar-refractivity contribution in [3.05, 3.63) is 53.5 Å². The maximum absolute atomic E-state index is 13.4. The highest BCUT2D eigenvalue weighted by Gasteiger charge is 2.29. The molecule has 38 heavy (non-hydrogen) atoms. The third kappa shape index (κ3) is 5.96. The van der Waals surface area contributed by atoms with Crippen molar-refractivity contribution in [1.82, 2.24) is 19.4 Å². The molecule has 0 bridgehead atoms. The van der Waals surface area contributed by atoms with Crippen LogP contribution in [0.2, 0.25) is 0 Å². The second-order valence-corrected chi connectivity index (χ2v) is 10.1. The number of aromatic nitrogens is 3. The monoisotopic (exact) mass is 523 g/mol. The van der Waals surface area contributed by atoms with Crippen molar-refractivity contribution >= 4 is 22.9 Å². The van der Waals surface area contributed by atoms with E-state index in [9.17, 15) is 14.0 Å². The van der Waals surface area contributed by atoms with E-state index in [1.165, 1.54) is 50.6 Å². The average Bonchev–Trinajstić information content (AvgIpc) is 3.30.